The number of hydrogen-bond donors (Lipinski definition) is 0. The van der Waals surface area contributed by atoms with Crippen molar-refractivity contribution in [3.63, 3.8) is 0 Å². The minimum atomic E-state index is -0.154. The number of rotatable bonds is 5. The summed E-state index contributed by atoms with van der Waals surface area (Å²) >= 11 is 9.95. The van der Waals surface area contributed by atoms with E-state index in [-0.39, 0.29) is 5.38 Å². The molecule has 2 aromatic carbocycles. The SMILES string of the molecule is CCCOc1cccc(C(Cl)c2ccc(Br)cc2)c1. The van der Waals surface area contributed by atoms with Gasteiger partial charge in [-0.2, -0.15) is 0 Å². The molecule has 0 bridgehead atoms. The molecule has 0 aliphatic heterocycles. The molecule has 0 N–H and O–H groups in total. The summed E-state index contributed by atoms with van der Waals surface area (Å²) in [7, 11) is 0. The molecule has 0 aliphatic carbocycles. The van der Waals surface area contributed by atoms with Gasteiger partial charge in [0.15, 0.2) is 0 Å². The summed E-state index contributed by atoms with van der Waals surface area (Å²) in [6, 6.07) is 16.0. The van der Waals surface area contributed by atoms with Crippen LogP contribution in [0.3, 0.4) is 0 Å². The molecule has 0 aromatic heterocycles. The lowest BCUT2D eigenvalue weighted by Gasteiger charge is -2.12. The number of hydrogen-bond acceptors (Lipinski definition) is 1. The molecule has 19 heavy (non-hydrogen) atoms. The molecule has 0 heterocycles. The van der Waals surface area contributed by atoms with E-state index < -0.39 is 0 Å². The Hall–Kier alpha value is -0.990. The molecule has 0 amide bonds. The van der Waals surface area contributed by atoms with Crippen LogP contribution in [0.1, 0.15) is 29.8 Å². The first-order valence-corrected chi connectivity index (χ1v) is 7.56. The van der Waals surface area contributed by atoms with E-state index in [0.29, 0.717) is 0 Å². The van der Waals surface area contributed by atoms with Gasteiger partial charge in [-0.05, 0) is 41.8 Å². The molecule has 1 nitrogen and oxygen atoms in total. The van der Waals surface area contributed by atoms with E-state index in [4.69, 9.17) is 16.3 Å². The average Bonchev–Trinajstić information content (AvgIpc) is 2.45. The highest BCUT2D eigenvalue weighted by Gasteiger charge is 2.11. The molecule has 0 saturated carbocycles. The van der Waals surface area contributed by atoms with Gasteiger partial charge in [-0.25, -0.2) is 0 Å². The van der Waals surface area contributed by atoms with Gasteiger partial charge in [0.1, 0.15) is 5.75 Å². The smallest absolute Gasteiger partial charge is 0.119 e. The minimum Gasteiger partial charge on any atom is -0.494 e. The monoisotopic (exact) mass is 338 g/mol. The molecule has 2 rings (SSSR count). The van der Waals surface area contributed by atoms with E-state index >= 15 is 0 Å². The second-order valence-corrected chi connectivity index (χ2v) is 5.69. The largest absolute Gasteiger partial charge is 0.494 e. The van der Waals surface area contributed by atoms with Crippen molar-refractivity contribution in [2.24, 2.45) is 0 Å². The third-order valence-electron chi connectivity index (χ3n) is 2.79. The van der Waals surface area contributed by atoms with E-state index in [1.165, 1.54) is 0 Å². The average molecular weight is 340 g/mol. The predicted octanol–water partition coefficient (Wildman–Crippen LogP) is 5.57. The zero-order valence-corrected chi connectivity index (χ0v) is 13.1. The van der Waals surface area contributed by atoms with Crippen LogP contribution in [0.5, 0.6) is 5.75 Å². The maximum absolute atomic E-state index is 6.52. The van der Waals surface area contributed by atoms with E-state index in [9.17, 15) is 0 Å². The van der Waals surface area contributed by atoms with Crippen LogP contribution in [0.15, 0.2) is 53.0 Å². The molecule has 2 aromatic rings. The first-order chi connectivity index (χ1) is 9.20. The van der Waals surface area contributed by atoms with Crippen LogP contribution in [0.4, 0.5) is 0 Å². The van der Waals surface area contributed by atoms with Crippen molar-refractivity contribution < 1.29 is 4.74 Å². The molecule has 0 saturated heterocycles. The normalized spacial score (nSPS) is 12.2. The third kappa shape index (κ3) is 3.99. The van der Waals surface area contributed by atoms with Crippen molar-refractivity contribution in [3.8, 4) is 5.75 Å². The molecular weight excluding hydrogens is 324 g/mol. The molecule has 0 aliphatic rings. The Morgan fingerprint density at radius 2 is 1.84 bits per heavy atom. The van der Waals surface area contributed by atoms with Gasteiger partial charge in [0, 0.05) is 4.47 Å². The van der Waals surface area contributed by atoms with Crippen LogP contribution in [0.25, 0.3) is 0 Å². The van der Waals surface area contributed by atoms with Gasteiger partial charge >= 0.3 is 0 Å². The lowest BCUT2D eigenvalue weighted by atomic mass is 10.0. The Balaban J connectivity index is 2.18. The van der Waals surface area contributed by atoms with Crippen LogP contribution < -0.4 is 4.74 Å². The van der Waals surface area contributed by atoms with E-state index in [0.717, 1.165) is 34.4 Å². The second-order valence-electron chi connectivity index (χ2n) is 4.34. The van der Waals surface area contributed by atoms with E-state index in [2.05, 4.69) is 22.9 Å². The standard InChI is InChI=1S/C16H16BrClO/c1-2-10-19-15-5-3-4-13(11-15)16(18)12-6-8-14(17)9-7-12/h3-9,11,16H,2,10H2,1H3. The molecular formula is C16H16BrClO. The maximum atomic E-state index is 6.52. The highest BCUT2D eigenvalue weighted by molar-refractivity contribution is 9.10. The van der Waals surface area contributed by atoms with Gasteiger partial charge in [-0.1, -0.05) is 47.1 Å². The van der Waals surface area contributed by atoms with Gasteiger partial charge in [0.05, 0.1) is 12.0 Å². The fraction of sp³-hybridized carbons (Fsp3) is 0.250. The minimum absolute atomic E-state index is 0.154. The third-order valence-corrected chi connectivity index (χ3v) is 3.82. The van der Waals surface area contributed by atoms with Crippen LogP contribution in [-0.4, -0.2) is 6.61 Å². The summed E-state index contributed by atoms with van der Waals surface area (Å²) < 4.78 is 6.69. The van der Waals surface area contributed by atoms with Gasteiger partial charge in [-0.3, -0.25) is 0 Å². The van der Waals surface area contributed by atoms with E-state index in [1.54, 1.807) is 0 Å². The predicted molar refractivity (Wildman–Crippen MR) is 84.1 cm³/mol. The van der Waals surface area contributed by atoms with Gasteiger partial charge in [0.25, 0.3) is 0 Å². The second kappa shape index (κ2) is 6.97. The van der Waals surface area contributed by atoms with Crippen LogP contribution in [-0.2, 0) is 0 Å². The molecule has 0 spiro atoms. The molecule has 1 unspecified atom stereocenters. The molecule has 0 fully saturated rings. The molecule has 100 valence electrons. The summed E-state index contributed by atoms with van der Waals surface area (Å²) in [5.41, 5.74) is 2.13. The lowest BCUT2D eigenvalue weighted by molar-refractivity contribution is 0.317. The van der Waals surface area contributed by atoms with Crippen molar-refractivity contribution in [2.45, 2.75) is 18.7 Å². The summed E-state index contributed by atoms with van der Waals surface area (Å²) in [5, 5.41) is -0.154. The van der Waals surface area contributed by atoms with Crippen LogP contribution in [0.2, 0.25) is 0 Å². The zero-order valence-electron chi connectivity index (χ0n) is 10.8. The molecule has 3 heteroatoms. The van der Waals surface area contributed by atoms with Crippen molar-refractivity contribution in [2.75, 3.05) is 6.61 Å². The fourth-order valence-corrected chi connectivity index (χ4v) is 2.35. The number of ether oxygens (including phenoxy) is 1. The summed E-state index contributed by atoms with van der Waals surface area (Å²) in [5.74, 6) is 0.877. The van der Waals surface area contributed by atoms with Crippen molar-refractivity contribution in [1.29, 1.82) is 0 Å². The quantitative estimate of drug-likeness (QED) is 0.647. The zero-order chi connectivity index (χ0) is 13.7. The highest BCUT2D eigenvalue weighted by Crippen LogP contribution is 2.31. The van der Waals surface area contributed by atoms with Gasteiger partial charge in [0.2, 0.25) is 0 Å². The molecule has 0 radical (unpaired) electrons. The van der Waals surface area contributed by atoms with Crippen molar-refractivity contribution in [1.82, 2.24) is 0 Å². The van der Waals surface area contributed by atoms with Crippen LogP contribution >= 0.6 is 27.5 Å². The summed E-state index contributed by atoms with van der Waals surface area (Å²) in [6.45, 7) is 2.82. The number of benzene rings is 2. The Labute approximate surface area is 127 Å². The van der Waals surface area contributed by atoms with E-state index in [1.807, 2.05) is 48.5 Å². The van der Waals surface area contributed by atoms with Gasteiger partial charge < -0.3 is 4.74 Å². The van der Waals surface area contributed by atoms with Crippen molar-refractivity contribution >= 4 is 27.5 Å². The first kappa shape index (κ1) is 14.4. The van der Waals surface area contributed by atoms with Gasteiger partial charge in [-0.15, -0.1) is 11.6 Å². The van der Waals surface area contributed by atoms with Crippen LogP contribution in [0, 0.1) is 0 Å². The summed E-state index contributed by atoms with van der Waals surface area (Å²) in [6.07, 6.45) is 1.00. The Morgan fingerprint density at radius 3 is 2.53 bits per heavy atom. The maximum Gasteiger partial charge on any atom is 0.119 e. The Morgan fingerprint density at radius 1 is 1.11 bits per heavy atom. The highest BCUT2D eigenvalue weighted by atomic mass is 79.9. The Bertz CT molecular complexity index is 525. The lowest BCUT2D eigenvalue weighted by Crippen LogP contribution is -1.97. The number of alkyl halides is 1. The topological polar surface area (TPSA) is 9.23 Å². The number of halogens is 2. The summed E-state index contributed by atoms with van der Waals surface area (Å²) in [4.78, 5) is 0. The van der Waals surface area contributed by atoms with Crippen molar-refractivity contribution in [3.05, 3.63) is 64.1 Å². The fourth-order valence-electron chi connectivity index (χ4n) is 1.81. The first-order valence-electron chi connectivity index (χ1n) is 6.33. The Kier molecular flexibility index (Phi) is 5.29. The molecule has 1 atom stereocenters.